The molecule has 0 aliphatic heterocycles. The average Bonchev–Trinajstić information content (AvgIpc) is 2.60. The molecule has 0 amide bonds. The Labute approximate surface area is 148 Å². The van der Waals surface area contributed by atoms with Crippen LogP contribution in [0, 0.1) is 19.7 Å². The minimum absolute atomic E-state index is 0.0440. The zero-order valence-electron chi connectivity index (χ0n) is 15.1. The fraction of sp³-hybridized carbons (Fsp3) is 0.300. The highest BCUT2D eigenvalue weighted by Crippen LogP contribution is 2.24. The van der Waals surface area contributed by atoms with Crippen LogP contribution in [-0.2, 0) is 0 Å². The number of aryl methyl sites for hydroxylation is 2. The molecule has 0 aromatic heterocycles. The number of hydrogen-bond donors (Lipinski definition) is 1. The number of carbonyl (C=O) groups is 1. The number of Topliss-reactive ketones (excluding diaryl/α,β-unsaturated/α-hetero) is 1. The minimum atomic E-state index is -0.368. The summed E-state index contributed by atoms with van der Waals surface area (Å²) in [7, 11) is 1.96. The van der Waals surface area contributed by atoms with Crippen molar-refractivity contribution in [2.24, 2.45) is 4.99 Å². The van der Waals surface area contributed by atoms with E-state index >= 15 is 0 Å². The summed E-state index contributed by atoms with van der Waals surface area (Å²) in [6.45, 7) is 6.79. The van der Waals surface area contributed by atoms with Crippen LogP contribution in [0.4, 0.5) is 15.8 Å². The summed E-state index contributed by atoms with van der Waals surface area (Å²) in [4.78, 5) is 18.9. The van der Waals surface area contributed by atoms with E-state index in [9.17, 15) is 9.18 Å². The quantitative estimate of drug-likeness (QED) is 0.463. The van der Waals surface area contributed by atoms with E-state index < -0.39 is 0 Å². The predicted octanol–water partition coefficient (Wildman–Crippen LogP) is 4.35. The molecule has 0 fully saturated rings. The Morgan fingerprint density at radius 3 is 2.64 bits per heavy atom. The van der Waals surface area contributed by atoms with Crippen molar-refractivity contribution >= 4 is 23.5 Å². The second kappa shape index (κ2) is 8.42. The van der Waals surface area contributed by atoms with Gasteiger partial charge in [0.15, 0.2) is 5.78 Å². The van der Waals surface area contributed by atoms with Crippen LogP contribution in [0.25, 0.3) is 0 Å². The van der Waals surface area contributed by atoms with Gasteiger partial charge in [0.05, 0.1) is 24.3 Å². The monoisotopic (exact) mass is 341 g/mol. The number of aliphatic imine (C=N–C) groups is 1. The maximum Gasteiger partial charge on any atom is 0.182 e. The Hall–Kier alpha value is -2.69. The van der Waals surface area contributed by atoms with Gasteiger partial charge in [-0.15, -0.1) is 0 Å². The van der Waals surface area contributed by atoms with Crippen molar-refractivity contribution < 1.29 is 9.18 Å². The normalized spacial score (nSPS) is 10.9. The number of carbonyl (C=O) groups excluding carboxylic acids is 1. The SMILES string of the molecule is CCN(C)/C=N/c1cc(C)c(C(=O)CNc2ccccc2F)cc1C. The van der Waals surface area contributed by atoms with E-state index in [1.54, 1.807) is 24.5 Å². The number of anilines is 1. The third-order valence-corrected chi connectivity index (χ3v) is 4.05. The zero-order chi connectivity index (χ0) is 18.4. The molecule has 132 valence electrons. The molecule has 1 N–H and O–H groups in total. The first-order chi connectivity index (χ1) is 11.9. The number of rotatable bonds is 7. The van der Waals surface area contributed by atoms with E-state index in [-0.39, 0.29) is 18.1 Å². The van der Waals surface area contributed by atoms with Crippen LogP contribution in [0.5, 0.6) is 0 Å². The molecule has 2 aromatic carbocycles. The molecule has 2 rings (SSSR count). The van der Waals surface area contributed by atoms with E-state index in [1.807, 2.05) is 37.9 Å². The Morgan fingerprint density at radius 2 is 1.96 bits per heavy atom. The summed E-state index contributed by atoms with van der Waals surface area (Å²) in [5.74, 6) is -0.446. The molecule has 0 atom stereocenters. The van der Waals surface area contributed by atoms with Crippen LogP contribution in [0.15, 0.2) is 41.4 Å². The maximum absolute atomic E-state index is 13.6. The van der Waals surface area contributed by atoms with Gasteiger partial charge < -0.3 is 10.2 Å². The largest absolute Gasteiger partial charge is 0.375 e. The smallest absolute Gasteiger partial charge is 0.182 e. The van der Waals surface area contributed by atoms with Crippen molar-refractivity contribution in [1.82, 2.24) is 4.90 Å². The summed E-state index contributed by atoms with van der Waals surface area (Å²) < 4.78 is 13.6. The van der Waals surface area contributed by atoms with Crippen molar-refractivity contribution in [1.29, 1.82) is 0 Å². The van der Waals surface area contributed by atoms with Gasteiger partial charge in [-0.05, 0) is 56.2 Å². The summed E-state index contributed by atoms with van der Waals surface area (Å²) in [6, 6.07) is 10.1. The van der Waals surface area contributed by atoms with Gasteiger partial charge in [-0.1, -0.05) is 12.1 Å². The second-order valence-corrected chi connectivity index (χ2v) is 6.03. The second-order valence-electron chi connectivity index (χ2n) is 6.03. The van der Waals surface area contributed by atoms with E-state index in [0.29, 0.717) is 11.3 Å². The van der Waals surface area contributed by atoms with Gasteiger partial charge in [0.1, 0.15) is 5.82 Å². The first-order valence-corrected chi connectivity index (χ1v) is 8.29. The predicted molar refractivity (Wildman–Crippen MR) is 102 cm³/mol. The zero-order valence-corrected chi connectivity index (χ0v) is 15.1. The Bertz CT molecular complexity index is 787. The number of ketones is 1. The lowest BCUT2D eigenvalue weighted by Gasteiger charge is -2.12. The van der Waals surface area contributed by atoms with E-state index in [2.05, 4.69) is 17.2 Å². The fourth-order valence-corrected chi connectivity index (χ4v) is 2.36. The van der Waals surface area contributed by atoms with Crippen molar-refractivity contribution in [2.75, 3.05) is 25.5 Å². The molecule has 5 heteroatoms. The Morgan fingerprint density at radius 1 is 1.24 bits per heavy atom. The lowest BCUT2D eigenvalue weighted by Crippen LogP contribution is -2.16. The number of halogens is 1. The van der Waals surface area contributed by atoms with Crippen LogP contribution >= 0.6 is 0 Å². The van der Waals surface area contributed by atoms with Gasteiger partial charge in [-0.25, -0.2) is 9.38 Å². The summed E-state index contributed by atoms with van der Waals surface area (Å²) in [5.41, 5.74) is 3.59. The standard InChI is InChI=1S/C20H24FN3O/c1-5-24(4)13-23-19-11-14(2)16(10-15(19)3)20(25)12-22-18-9-7-6-8-17(18)21/h6-11,13,22H,5,12H2,1-4H3/b23-13+. The molecule has 0 saturated carbocycles. The molecule has 0 unspecified atom stereocenters. The number of nitrogens with zero attached hydrogens (tertiary/aromatic N) is 2. The molecule has 0 spiro atoms. The first-order valence-electron chi connectivity index (χ1n) is 8.29. The number of para-hydroxylation sites is 1. The Balaban J connectivity index is 2.13. The number of nitrogens with one attached hydrogen (secondary N) is 1. The van der Waals surface area contributed by atoms with Crippen LogP contribution in [0.3, 0.4) is 0 Å². The summed E-state index contributed by atoms with van der Waals surface area (Å²) in [5, 5.41) is 2.86. The number of benzene rings is 2. The van der Waals surface area contributed by atoms with Crippen molar-refractivity contribution in [2.45, 2.75) is 20.8 Å². The molecule has 2 aromatic rings. The fourth-order valence-electron chi connectivity index (χ4n) is 2.36. The maximum atomic E-state index is 13.6. The van der Waals surface area contributed by atoms with Gasteiger partial charge in [0, 0.05) is 19.2 Å². The van der Waals surface area contributed by atoms with E-state index in [1.165, 1.54) is 6.07 Å². The molecule has 0 saturated heterocycles. The van der Waals surface area contributed by atoms with Gasteiger partial charge in [0.2, 0.25) is 0 Å². The third-order valence-electron chi connectivity index (χ3n) is 4.05. The highest BCUT2D eigenvalue weighted by atomic mass is 19.1. The Kier molecular flexibility index (Phi) is 6.28. The van der Waals surface area contributed by atoms with Crippen LogP contribution in [-0.4, -0.2) is 37.2 Å². The first kappa shape index (κ1) is 18.6. The van der Waals surface area contributed by atoms with Crippen LogP contribution < -0.4 is 5.32 Å². The molecular formula is C20H24FN3O. The molecule has 0 bridgehead atoms. The van der Waals surface area contributed by atoms with Gasteiger partial charge in [0.25, 0.3) is 0 Å². The number of hydrogen-bond acceptors (Lipinski definition) is 3. The molecule has 4 nitrogen and oxygen atoms in total. The highest BCUT2D eigenvalue weighted by Gasteiger charge is 2.12. The molecular weight excluding hydrogens is 317 g/mol. The van der Waals surface area contributed by atoms with Crippen molar-refractivity contribution in [3.63, 3.8) is 0 Å². The highest BCUT2D eigenvalue weighted by molar-refractivity contribution is 6.00. The topological polar surface area (TPSA) is 44.7 Å². The molecule has 0 radical (unpaired) electrons. The molecule has 0 heterocycles. The molecule has 0 aliphatic rings. The molecule has 25 heavy (non-hydrogen) atoms. The van der Waals surface area contributed by atoms with Crippen LogP contribution in [0.1, 0.15) is 28.4 Å². The third kappa shape index (κ3) is 4.89. The van der Waals surface area contributed by atoms with E-state index in [0.717, 1.165) is 23.4 Å². The minimum Gasteiger partial charge on any atom is -0.375 e. The molecule has 0 aliphatic carbocycles. The van der Waals surface area contributed by atoms with Gasteiger partial charge >= 0.3 is 0 Å². The average molecular weight is 341 g/mol. The summed E-state index contributed by atoms with van der Waals surface area (Å²) in [6.07, 6.45) is 1.78. The van der Waals surface area contributed by atoms with Gasteiger partial charge in [-0.3, -0.25) is 4.79 Å². The van der Waals surface area contributed by atoms with E-state index in [4.69, 9.17) is 0 Å². The van der Waals surface area contributed by atoms with Crippen molar-refractivity contribution in [3.05, 3.63) is 58.9 Å². The lowest BCUT2D eigenvalue weighted by molar-refractivity contribution is 0.101. The lowest BCUT2D eigenvalue weighted by atomic mass is 10.0. The summed E-state index contributed by atoms with van der Waals surface area (Å²) >= 11 is 0. The van der Waals surface area contributed by atoms with Gasteiger partial charge in [-0.2, -0.15) is 0 Å². The van der Waals surface area contributed by atoms with Crippen LogP contribution in [0.2, 0.25) is 0 Å². The van der Waals surface area contributed by atoms with Crippen molar-refractivity contribution in [3.8, 4) is 0 Å².